The summed E-state index contributed by atoms with van der Waals surface area (Å²) in [7, 11) is 0. The zero-order chi connectivity index (χ0) is 22.0. The van der Waals surface area contributed by atoms with E-state index in [1.165, 1.54) is 21.6 Å². The standard InChI is InChI=1S/C26H22N2O2S/c1-17-12-18(2)14-19(13-17)15-20-8-6-7-9-21(20)16-23-24(29)27-26(31)28(25(23)30)22-10-4-3-5-11-22/h3-14,16H,15H2,1-2H3,(H,27,29,31)/b23-16-. The predicted molar refractivity (Wildman–Crippen MR) is 128 cm³/mol. The number of para-hydroxylation sites is 1. The fourth-order valence-electron chi connectivity index (χ4n) is 3.85. The number of carbonyl (C=O) groups is 2. The van der Waals surface area contributed by atoms with Gasteiger partial charge in [0, 0.05) is 0 Å². The topological polar surface area (TPSA) is 49.4 Å². The molecule has 0 atom stereocenters. The number of nitrogens with one attached hydrogen (secondary N) is 1. The zero-order valence-corrected chi connectivity index (χ0v) is 18.2. The minimum atomic E-state index is -0.483. The lowest BCUT2D eigenvalue weighted by Crippen LogP contribution is -2.54. The predicted octanol–water partition coefficient (Wildman–Crippen LogP) is 4.73. The van der Waals surface area contributed by atoms with Gasteiger partial charge < -0.3 is 0 Å². The molecule has 1 aliphatic rings. The number of hydrogen-bond donors (Lipinski definition) is 1. The van der Waals surface area contributed by atoms with E-state index in [1.54, 1.807) is 18.2 Å². The summed E-state index contributed by atoms with van der Waals surface area (Å²) in [6.07, 6.45) is 2.37. The van der Waals surface area contributed by atoms with Crippen LogP contribution in [0.1, 0.15) is 27.8 Å². The maximum absolute atomic E-state index is 13.2. The van der Waals surface area contributed by atoms with Crippen molar-refractivity contribution >= 4 is 40.9 Å². The Balaban J connectivity index is 1.71. The minimum Gasteiger partial charge on any atom is -0.298 e. The Hall–Kier alpha value is -3.57. The molecule has 4 nitrogen and oxygen atoms in total. The van der Waals surface area contributed by atoms with Crippen LogP contribution >= 0.6 is 12.2 Å². The Morgan fingerprint density at radius 1 is 0.903 bits per heavy atom. The number of anilines is 1. The molecule has 0 bridgehead atoms. The van der Waals surface area contributed by atoms with Crippen molar-refractivity contribution in [2.75, 3.05) is 4.90 Å². The molecule has 1 fully saturated rings. The SMILES string of the molecule is Cc1cc(C)cc(Cc2ccccc2/C=C2/C(=O)NC(=S)N(c3ccccc3)C2=O)c1. The number of benzene rings is 3. The lowest BCUT2D eigenvalue weighted by molar-refractivity contribution is -0.122. The summed E-state index contributed by atoms with van der Waals surface area (Å²) in [6.45, 7) is 4.16. The number of aryl methyl sites for hydroxylation is 2. The number of thiocarbonyl (C=S) groups is 1. The summed E-state index contributed by atoms with van der Waals surface area (Å²) in [5, 5.41) is 2.73. The summed E-state index contributed by atoms with van der Waals surface area (Å²) in [5.74, 6) is -0.912. The highest BCUT2D eigenvalue weighted by Crippen LogP contribution is 2.24. The fourth-order valence-corrected chi connectivity index (χ4v) is 4.13. The van der Waals surface area contributed by atoms with Crippen molar-refractivity contribution in [3.8, 4) is 0 Å². The average molecular weight is 427 g/mol. The molecule has 4 rings (SSSR count). The summed E-state index contributed by atoms with van der Waals surface area (Å²) in [4.78, 5) is 27.2. The van der Waals surface area contributed by atoms with Crippen LogP contribution in [0, 0.1) is 13.8 Å². The highest BCUT2D eigenvalue weighted by molar-refractivity contribution is 7.80. The maximum Gasteiger partial charge on any atom is 0.270 e. The van der Waals surface area contributed by atoms with Gasteiger partial charge in [-0.25, -0.2) is 0 Å². The van der Waals surface area contributed by atoms with Crippen molar-refractivity contribution < 1.29 is 9.59 Å². The first kappa shape index (κ1) is 20.7. The molecule has 154 valence electrons. The van der Waals surface area contributed by atoms with Crippen molar-refractivity contribution in [3.63, 3.8) is 0 Å². The Morgan fingerprint density at radius 2 is 1.55 bits per heavy atom. The van der Waals surface area contributed by atoms with Crippen LogP contribution in [0.3, 0.4) is 0 Å². The molecule has 0 saturated carbocycles. The molecule has 5 heteroatoms. The van der Waals surface area contributed by atoms with Crippen LogP contribution in [0.5, 0.6) is 0 Å². The Morgan fingerprint density at radius 3 is 2.26 bits per heavy atom. The fraction of sp³-hybridized carbons (Fsp3) is 0.115. The molecule has 2 amide bonds. The number of hydrogen-bond acceptors (Lipinski definition) is 3. The van der Waals surface area contributed by atoms with Crippen LogP contribution in [0.15, 0.2) is 78.4 Å². The Labute approximate surface area is 187 Å². The lowest BCUT2D eigenvalue weighted by atomic mass is 9.95. The van der Waals surface area contributed by atoms with Crippen molar-refractivity contribution in [1.82, 2.24) is 5.32 Å². The second kappa shape index (κ2) is 8.66. The third-order valence-corrected chi connectivity index (χ3v) is 5.43. The Kier molecular flexibility index (Phi) is 5.78. The summed E-state index contributed by atoms with van der Waals surface area (Å²) < 4.78 is 0. The van der Waals surface area contributed by atoms with Crippen LogP contribution < -0.4 is 10.2 Å². The number of rotatable bonds is 4. The molecule has 1 aliphatic heterocycles. The van der Waals surface area contributed by atoms with Gasteiger partial charge in [-0.15, -0.1) is 0 Å². The molecule has 0 spiro atoms. The third kappa shape index (κ3) is 4.47. The lowest BCUT2D eigenvalue weighted by Gasteiger charge is -2.29. The zero-order valence-electron chi connectivity index (χ0n) is 17.4. The Bertz CT molecular complexity index is 1190. The average Bonchev–Trinajstić information content (AvgIpc) is 2.72. The van der Waals surface area contributed by atoms with Crippen LogP contribution in [0.25, 0.3) is 6.08 Å². The quantitative estimate of drug-likeness (QED) is 0.373. The minimum absolute atomic E-state index is 0.0605. The van der Waals surface area contributed by atoms with E-state index in [-0.39, 0.29) is 10.7 Å². The van der Waals surface area contributed by atoms with Gasteiger partial charge in [0.25, 0.3) is 11.8 Å². The van der Waals surface area contributed by atoms with Gasteiger partial charge >= 0.3 is 0 Å². The molecular weight excluding hydrogens is 404 g/mol. The number of carbonyl (C=O) groups excluding carboxylic acids is 2. The largest absolute Gasteiger partial charge is 0.298 e. The molecular formula is C26H22N2O2S. The van der Waals surface area contributed by atoms with E-state index in [1.807, 2.05) is 42.5 Å². The van der Waals surface area contributed by atoms with Gasteiger partial charge in [0.15, 0.2) is 5.11 Å². The van der Waals surface area contributed by atoms with Gasteiger partial charge in [0.2, 0.25) is 0 Å². The van der Waals surface area contributed by atoms with Crippen LogP contribution in [-0.2, 0) is 16.0 Å². The van der Waals surface area contributed by atoms with E-state index in [0.717, 1.165) is 11.1 Å². The van der Waals surface area contributed by atoms with Gasteiger partial charge in [0.1, 0.15) is 5.57 Å². The molecule has 1 N–H and O–H groups in total. The second-order valence-electron chi connectivity index (χ2n) is 7.66. The molecule has 31 heavy (non-hydrogen) atoms. The normalized spacial score (nSPS) is 15.4. The molecule has 3 aromatic rings. The van der Waals surface area contributed by atoms with E-state index in [4.69, 9.17) is 12.2 Å². The first-order valence-electron chi connectivity index (χ1n) is 10.0. The van der Waals surface area contributed by atoms with Crippen molar-refractivity contribution in [1.29, 1.82) is 0 Å². The van der Waals surface area contributed by atoms with Crippen molar-refractivity contribution in [3.05, 3.63) is 106 Å². The van der Waals surface area contributed by atoms with Gasteiger partial charge in [-0.3, -0.25) is 19.8 Å². The molecule has 0 aliphatic carbocycles. The first-order chi connectivity index (χ1) is 14.9. The van der Waals surface area contributed by atoms with Crippen LogP contribution in [0.2, 0.25) is 0 Å². The van der Waals surface area contributed by atoms with Crippen molar-refractivity contribution in [2.45, 2.75) is 20.3 Å². The summed E-state index contributed by atoms with van der Waals surface area (Å²) >= 11 is 5.26. The van der Waals surface area contributed by atoms with Crippen LogP contribution in [0.4, 0.5) is 5.69 Å². The molecule has 1 heterocycles. The van der Waals surface area contributed by atoms with E-state index in [0.29, 0.717) is 12.1 Å². The van der Waals surface area contributed by atoms with E-state index >= 15 is 0 Å². The second-order valence-corrected chi connectivity index (χ2v) is 8.05. The molecule has 3 aromatic carbocycles. The molecule has 0 aromatic heterocycles. The van der Waals surface area contributed by atoms with Gasteiger partial charge in [-0.1, -0.05) is 71.8 Å². The van der Waals surface area contributed by atoms with Crippen molar-refractivity contribution in [2.24, 2.45) is 0 Å². The number of amides is 2. The monoisotopic (exact) mass is 426 g/mol. The smallest absolute Gasteiger partial charge is 0.270 e. The summed E-state index contributed by atoms with van der Waals surface area (Å²) in [6, 6.07) is 23.4. The van der Waals surface area contributed by atoms with Gasteiger partial charge in [0.05, 0.1) is 5.69 Å². The van der Waals surface area contributed by atoms with E-state index < -0.39 is 11.8 Å². The van der Waals surface area contributed by atoms with Crippen LogP contribution in [-0.4, -0.2) is 16.9 Å². The molecule has 0 unspecified atom stereocenters. The maximum atomic E-state index is 13.2. The molecule has 0 radical (unpaired) electrons. The highest BCUT2D eigenvalue weighted by Gasteiger charge is 2.34. The third-order valence-electron chi connectivity index (χ3n) is 5.15. The molecule has 1 saturated heterocycles. The van der Waals surface area contributed by atoms with E-state index in [2.05, 4.69) is 37.4 Å². The highest BCUT2D eigenvalue weighted by atomic mass is 32.1. The van der Waals surface area contributed by atoms with Gasteiger partial charge in [-0.2, -0.15) is 0 Å². The number of nitrogens with zero attached hydrogens (tertiary/aromatic N) is 1. The van der Waals surface area contributed by atoms with E-state index in [9.17, 15) is 9.59 Å². The van der Waals surface area contributed by atoms with Gasteiger partial charge in [-0.05, 0) is 67.4 Å². The first-order valence-corrected chi connectivity index (χ1v) is 10.4. The summed E-state index contributed by atoms with van der Waals surface area (Å²) in [5.41, 5.74) is 6.16.